The molecule has 0 saturated carbocycles. The average Bonchev–Trinajstić information content (AvgIpc) is 2.78. The summed E-state index contributed by atoms with van der Waals surface area (Å²) in [6.45, 7) is 3.42. The highest BCUT2D eigenvalue weighted by atomic mass is 16.5. The van der Waals surface area contributed by atoms with E-state index in [4.69, 9.17) is 4.74 Å². The number of rotatable bonds is 2. The van der Waals surface area contributed by atoms with E-state index in [0.29, 0.717) is 5.75 Å². The number of fused-ring (bicyclic) bond motifs is 3. The number of hydrogen-bond acceptors (Lipinski definition) is 2. The van der Waals surface area contributed by atoms with Crippen molar-refractivity contribution >= 4 is 5.97 Å². The van der Waals surface area contributed by atoms with Crippen LogP contribution < -0.4 is 4.74 Å². The number of carbonyl (C=O) groups is 1. The normalized spacial score (nSPS) is 11.6. The van der Waals surface area contributed by atoms with Gasteiger partial charge in [0, 0.05) is 18.1 Å². The van der Waals surface area contributed by atoms with Crippen molar-refractivity contribution in [2.24, 2.45) is 0 Å². The van der Waals surface area contributed by atoms with Gasteiger partial charge in [-0.15, -0.1) is 0 Å². The summed E-state index contributed by atoms with van der Waals surface area (Å²) in [4.78, 5) is 11.3. The molecule has 0 saturated heterocycles. The largest absolute Gasteiger partial charge is 0.423 e. The Bertz CT molecular complexity index is 641. The van der Waals surface area contributed by atoms with Crippen molar-refractivity contribution in [3.05, 3.63) is 66.2 Å². The van der Waals surface area contributed by atoms with Crippen molar-refractivity contribution < 1.29 is 9.53 Å². The lowest BCUT2D eigenvalue weighted by Gasteiger charge is -2.07. The van der Waals surface area contributed by atoms with Crippen LogP contribution in [0.4, 0.5) is 0 Å². The summed E-state index contributed by atoms with van der Waals surface area (Å²) >= 11 is 0. The van der Waals surface area contributed by atoms with Crippen molar-refractivity contribution in [2.75, 3.05) is 0 Å². The summed E-state index contributed by atoms with van der Waals surface area (Å²) in [5.41, 5.74) is 4.73. The van der Waals surface area contributed by atoms with Gasteiger partial charge in [-0.2, -0.15) is 0 Å². The molecule has 0 atom stereocenters. The van der Waals surface area contributed by atoms with Gasteiger partial charge in [-0.05, 0) is 22.8 Å². The lowest BCUT2D eigenvalue weighted by molar-refractivity contribution is -0.129. The van der Waals surface area contributed by atoms with Gasteiger partial charge in [-0.3, -0.25) is 0 Å². The molecule has 0 spiro atoms. The molecule has 2 aromatic carbocycles. The van der Waals surface area contributed by atoms with Crippen molar-refractivity contribution in [3.63, 3.8) is 0 Å². The molecular formula is C16H12O2. The first-order chi connectivity index (χ1) is 8.79. The van der Waals surface area contributed by atoms with Crippen LogP contribution in [0.15, 0.2) is 55.1 Å². The highest BCUT2D eigenvalue weighted by Gasteiger charge is 2.21. The maximum atomic E-state index is 11.3. The fourth-order valence-corrected chi connectivity index (χ4v) is 2.37. The van der Waals surface area contributed by atoms with Gasteiger partial charge in [0.15, 0.2) is 0 Å². The number of ether oxygens (including phenoxy) is 1. The number of esters is 1. The monoisotopic (exact) mass is 236 g/mol. The van der Waals surface area contributed by atoms with Gasteiger partial charge in [-0.1, -0.05) is 43.0 Å². The molecule has 0 heterocycles. The molecule has 0 amide bonds. The zero-order valence-electron chi connectivity index (χ0n) is 9.85. The Morgan fingerprint density at radius 2 is 1.89 bits per heavy atom. The van der Waals surface area contributed by atoms with Crippen LogP contribution in [-0.4, -0.2) is 5.97 Å². The number of benzene rings is 2. The van der Waals surface area contributed by atoms with Crippen molar-refractivity contribution in [1.29, 1.82) is 0 Å². The molecule has 2 nitrogen and oxygen atoms in total. The fraction of sp³-hybridized carbons (Fsp3) is 0.0625. The summed E-state index contributed by atoms with van der Waals surface area (Å²) in [5, 5.41) is 0. The Morgan fingerprint density at radius 3 is 2.72 bits per heavy atom. The number of hydrogen-bond donors (Lipinski definition) is 0. The molecule has 88 valence electrons. The van der Waals surface area contributed by atoms with Crippen LogP contribution in [0.5, 0.6) is 5.75 Å². The molecule has 2 aromatic rings. The van der Waals surface area contributed by atoms with Gasteiger partial charge in [-0.25, -0.2) is 4.79 Å². The standard InChI is InChI=1S/C16H12O2/c1-2-16(17)18-15-9-5-8-13-12-7-4-3-6-11(12)10-14(13)15/h2-9H,1,10H2. The molecule has 0 radical (unpaired) electrons. The summed E-state index contributed by atoms with van der Waals surface area (Å²) in [5.74, 6) is 0.216. The zero-order chi connectivity index (χ0) is 12.5. The second kappa shape index (κ2) is 4.15. The van der Waals surface area contributed by atoms with E-state index in [-0.39, 0.29) is 0 Å². The first kappa shape index (κ1) is 10.8. The maximum absolute atomic E-state index is 11.3. The van der Waals surface area contributed by atoms with Gasteiger partial charge in [0.1, 0.15) is 5.75 Å². The maximum Gasteiger partial charge on any atom is 0.335 e. The lowest BCUT2D eigenvalue weighted by atomic mass is 10.1. The molecule has 0 unspecified atom stereocenters. The Balaban J connectivity index is 2.08. The third-order valence-electron chi connectivity index (χ3n) is 3.19. The second-order valence-corrected chi connectivity index (χ2v) is 4.24. The van der Waals surface area contributed by atoms with Crippen LogP contribution in [-0.2, 0) is 11.2 Å². The third kappa shape index (κ3) is 1.63. The molecule has 0 aromatic heterocycles. The van der Waals surface area contributed by atoms with Gasteiger partial charge in [0.05, 0.1) is 0 Å². The molecule has 3 rings (SSSR count). The predicted octanol–water partition coefficient (Wildman–Crippen LogP) is 3.35. The molecule has 1 aliphatic carbocycles. The average molecular weight is 236 g/mol. The summed E-state index contributed by atoms with van der Waals surface area (Å²) in [6, 6.07) is 14.1. The van der Waals surface area contributed by atoms with Crippen LogP contribution in [0.2, 0.25) is 0 Å². The molecule has 0 N–H and O–H groups in total. The highest BCUT2D eigenvalue weighted by Crippen LogP contribution is 2.40. The van der Waals surface area contributed by atoms with Gasteiger partial charge >= 0.3 is 5.97 Å². The van der Waals surface area contributed by atoms with E-state index in [1.807, 2.05) is 24.3 Å². The van der Waals surface area contributed by atoms with E-state index in [9.17, 15) is 4.79 Å². The van der Waals surface area contributed by atoms with Crippen LogP contribution >= 0.6 is 0 Å². The number of carbonyl (C=O) groups excluding carboxylic acids is 1. The highest BCUT2D eigenvalue weighted by molar-refractivity contribution is 5.85. The molecule has 0 fully saturated rings. The molecule has 0 bridgehead atoms. The molecule has 1 aliphatic rings. The minimum absolute atomic E-state index is 0.417. The van der Waals surface area contributed by atoms with Gasteiger partial charge in [0.2, 0.25) is 0 Å². The Morgan fingerprint density at radius 1 is 1.11 bits per heavy atom. The van der Waals surface area contributed by atoms with E-state index in [1.54, 1.807) is 0 Å². The van der Waals surface area contributed by atoms with E-state index >= 15 is 0 Å². The van der Waals surface area contributed by atoms with Crippen LogP contribution in [0.1, 0.15) is 11.1 Å². The molecule has 2 heteroatoms. The van der Waals surface area contributed by atoms with Gasteiger partial charge in [0.25, 0.3) is 0 Å². The minimum atomic E-state index is -0.417. The van der Waals surface area contributed by atoms with Crippen LogP contribution in [0, 0.1) is 0 Å². The quantitative estimate of drug-likeness (QED) is 0.387. The van der Waals surface area contributed by atoms with E-state index in [2.05, 4.69) is 24.8 Å². The zero-order valence-corrected chi connectivity index (χ0v) is 9.85. The SMILES string of the molecule is C=CC(=O)Oc1cccc2c1Cc1ccccc1-2. The third-order valence-corrected chi connectivity index (χ3v) is 3.19. The molecular weight excluding hydrogens is 224 g/mol. The predicted molar refractivity (Wildman–Crippen MR) is 70.5 cm³/mol. The van der Waals surface area contributed by atoms with Crippen molar-refractivity contribution in [2.45, 2.75) is 6.42 Å². The van der Waals surface area contributed by atoms with E-state index in [1.165, 1.54) is 17.2 Å². The van der Waals surface area contributed by atoms with Crippen molar-refractivity contribution in [3.8, 4) is 16.9 Å². The first-order valence-electron chi connectivity index (χ1n) is 5.84. The smallest absolute Gasteiger partial charge is 0.335 e. The summed E-state index contributed by atoms with van der Waals surface area (Å²) in [7, 11) is 0. The topological polar surface area (TPSA) is 26.3 Å². The Kier molecular flexibility index (Phi) is 2.49. The van der Waals surface area contributed by atoms with Crippen molar-refractivity contribution in [1.82, 2.24) is 0 Å². The van der Waals surface area contributed by atoms with Gasteiger partial charge < -0.3 is 4.74 Å². The van der Waals surface area contributed by atoms with E-state index < -0.39 is 5.97 Å². The fourth-order valence-electron chi connectivity index (χ4n) is 2.37. The summed E-state index contributed by atoms with van der Waals surface area (Å²) < 4.78 is 5.28. The van der Waals surface area contributed by atoms with Crippen LogP contribution in [0.3, 0.4) is 0 Å². The minimum Gasteiger partial charge on any atom is -0.423 e. The Hall–Kier alpha value is -2.35. The summed E-state index contributed by atoms with van der Waals surface area (Å²) in [6.07, 6.45) is 1.99. The Labute approximate surface area is 106 Å². The van der Waals surface area contributed by atoms with E-state index in [0.717, 1.165) is 17.5 Å². The van der Waals surface area contributed by atoms with Crippen LogP contribution in [0.25, 0.3) is 11.1 Å². The molecule has 0 aliphatic heterocycles. The molecule has 18 heavy (non-hydrogen) atoms. The lowest BCUT2D eigenvalue weighted by Crippen LogP contribution is -2.04. The second-order valence-electron chi connectivity index (χ2n) is 4.24. The first-order valence-corrected chi connectivity index (χ1v) is 5.84.